The van der Waals surface area contributed by atoms with E-state index in [2.05, 4.69) is 16.5 Å². The van der Waals surface area contributed by atoms with Crippen LogP contribution in [0.1, 0.15) is 36.9 Å². The normalized spacial score (nSPS) is 29.6. The molecule has 0 saturated carbocycles. The van der Waals surface area contributed by atoms with Crippen LogP contribution >= 0.6 is 11.6 Å². The van der Waals surface area contributed by atoms with Gasteiger partial charge in [-0.1, -0.05) is 11.6 Å². The largest absolute Gasteiger partial charge is 0.358 e. The molecule has 0 spiro atoms. The number of nitrogens with one attached hydrogen (secondary N) is 2. The Bertz CT molecular complexity index is 930. The van der Waals surface area contributed by atoms with Crippen molar-refractivity contribution in [1.82, 2.24) is 15.2 Å². The average molecular weight is 369 g/mol. The van der Waals surface area contributed by atoms with Gasteiger partial charge in [0.2, 0.25) is 5.91 Å². The molecule has 2 N–H and O–H groups in total. The molecule has 2 saturated heterocycles. The number of nitriles is 1. The summed E-state index contributed by atoms with van der Waals surface area (Å²) in [6, 6.07) is 6.54. The Hall–Kier alpha value is -2.19. The molecule has 3 heterocycles. The number of carbonyl (C=O) groups excluding carboxylic acids is 1. The fraction of sp³-hybridized carbons (Fsp3) is 0.500. The van der Waals surface area contributed by atoms with E-state index in [1.54, 1.807) is 0 Å². The lowest BCUT2D eigenvalue weighted by atomic mass is 9.85. The second-order valence-corrected chi connectivity index (χ2v) is 8.30. The minimum atomic E-state index is -0.00450. The molecule has 1 amide bonds. The predicted octanol–water partition coefficient (Wildman–Crippen LogP) is 3.13. The Morgan fingerprint density at radius 2 is 2.23 bits per heavy atom. The summed E-state index contributed by atoms with van der Waals surface area (Å²) in [6.45, 7) is 0. The molecule has 2 bridgehead atoms. The van der Waals surface area contributed by atoms with Gasteiger partial charge >= 0.3 is 0 Å². The first-order chi connectivity index (χ1) is 12.6. The van der Waals surface area contributed by atoms with E-state index in [0.717, 1.165) is 54.5 Å². The van der Waals surface area contributed by atoms with Gasteiger partial charge in [-0.2, -0.15) is 5.26 Å². The van der Waals surface area contributed by atoms with Gasteiger partial charge in [0.15, 0.2) is 6.19 Å². The predicted molar refractivity (Wildman–Crippen MR) is 99.6 cm³/mol. The van der Waals surface area contributed by atoms with Crippen molar-refractivity contribution in [3.05, 3.63) is 34.5 Å². The van der Waals surface area contributed by atoms with E-state index in [-0.39, 0.29) is 23.9 Å². The molecule has 26 heavy (non-hydrogen) atoms. The van der Waals surface area contributed by atoms with Crippen molar-refractivity contribution in [1.29, 1.82) is 5.26 Å². The number of rotatable bonds is 2. The Balaban J connectivity index is 1.33. The molecule has 0 unspecified atom stereocenters. The number of carbonyl (C=O) groups is 1. The molecule has 4 atom stereocenters. The maximum absolute atomic E-state index is 12.9. The number of aryl methyl sites for hydroxylation is 1. The number of nitrogens with zero attached hydrogens (tertiary/aromatic N) is 2. The topological polar surface area (TPSA) is 71.9 Å². The van der Waals surface area contributed by atoms with Crippen molar-refractivity contribution >= 4 is 28.4 Å². The van der Waals surface area contributed by atoms with E-state index in [9.17, 15) is 10.1 Å². The molecule has 5 rings (SSSR count). The Morgan fingerprint density at radius 1 is 1.35 bits per heavy atom. The fourth-order valence-corrected chi connectivity index (χ4v) is 5.39. The summed E-state index contributed by atoms with van der Waals surface area (Å²) in [6.07, 6.45) is 7.81. The van der Waals surface area contributed by atoms with Gasteiger partial charge in [0.1, 0.15) is 0 Å². The van der Waals surface area contributed by atoms with Gasteiger partial charge in [-0.3, -0.25) is 4.79 Å². The van der Waals surface area contributed by atoms with Gasteiger partial charge in [0, 0.05) is 33.6 Å². The van der Waals surface area contributed by atoms with Crippen LogP contribution in [-0.2, 0) is 17.6 Å². The summed E-state index contributed by atoms with van der Waals surface area (Å²) in [5, 5.41) is 14.4. The summed E-state index contributed by atoms with van der Waals surface area (Å²) in [7, 11) is 0. The number of hydrogen-bond acceptors (Lipinski definition) is 3. The summed E-state index contributed by atoms with van der Waals surface area (Å²) < 4.78 is 0. The third-order valence-electron chi connectivity index (χ3n) is 6.50. The Labute approximate surface area is 157 Å². The zero-order valence-electron chi connectivity index (χ0n) is 14.5. The van der Waals surface area contributed by atoms with Crippen LogP contribution in [0.5, 0.6) is 0 Å². The molecule has 6 heteroatoms. The molecule has 2 fully saturated rings. The van der Waals surface area contributed by atoms with Crippen molar-refractivity contribution in [2.24, 2.45) is 5.92 Å². The number of aromatic nitrogens is 1. The van der Waals surface area contributed by atoms with Gasteiger partial charge < -0.3 is 15.2 Å². The van der Waals surface area contributed by atoms with Crippen molar-refractivity contribution in [2.45, 2.75) is 56.7 Å². The molecular weight excluding hydrogens is 348 g/mol. The summed E-state index contributed by atoms with van der Waals surface area (Å²) in [5.41, 5.74) is 3.57. The number of benzene rings is 1. The molecule has 1 aliphatic carbocycles. The van der Waals surface area contributed by atoms with Crippen LogP contribution in [0.4, 0.5) is 0 Å². The zero-order chi connectivity index (χ0) is 17.8. The lowest BCUT2D eigenvalue weighted by Crippen LogP contribution is -2.46. The minimum absolute atomic E-state index is 0.00450. The SMILES string of the molecule is N#CN1[C@H]2CC[C@@H]1[C@H](NC(=O)[C@H]1CCc3[nH]c4ccc(Cl)cc4c3C1)C2. The van der Waals surface area contributed by atoms with Gasteiger partial charge in [0.05, 0.1) is 12.1 Å². The highest BCUT2D eigenvalue weighted by Gasteiger charge is 2.47. The van der Waals surface area contributed by atoms with Crippen LogP contribution < -0.4 is 5.32 Å². The maximum atomic E-state index is 12.9. The second-order valence-electron chi connectivity index (χ2n) is 7.87. The first-order valence-corrected chi connectivity index (χ1v) is 9.79. The summed E-state index contributed by atoms with van der Waals surface area (Å²) in [5.74, 6) is 0.137. The number of fused-ring (bicyclic) bond motifs is 5. The van der Waals surface area contributed by atoms with Crippen molar-refractivity contribution in [2.75, 3.05) is 0 Å². The average Bonchev–Trinajstić information content (AvgIpc) is 3.30. The van der Waals surface area contributed by atoms with Gasteiger partial charge in [0.25, 0.3) is 0 Å². The molecule has 134 valence electrons. The van der Waals surface area contributed by atoms with Crippen LogP contribution in [0.3, 0.4) is 0 Å². The van der Waals surface area contributed by atoms with Crippen LogP contribution in [0.2, 0.25) is 5.02 Å². The molecular formula is C20H21ClN4O. The van der Waals surface area contributed by atoms with Crippen molar-refractivity contribution in [3.63, 3.8) is 0 Å². The van der Waals surface area contributed by atoms with E-state index >= 15 is 0 Å². The van der Waals surface area contributed by atoms with Crippen LogP contribution in [0.15, 0.2) is 18.2 Å². The third kappa shape index (κ3) is 2.39. The third-order valence-corrected chi connectivity index (χ3v) is 6.74. The van der Waals surface area contributed by atoms with Crippen molar-refractivity contribution in [3.8, 4) is 6.19 Å². The molecule has 1 aromatic heterocycles. The van der Waals surface area contributed by atoms with Crippen molar-refractivity contribution < 1.29 is 4.79 Å². The first-order valence-electron chi connectivity index (χ1n) is 9.41. The molecule has 2 aromatic rings. The number of halogens is 1. The molecule has 0 radical (unpaired) electrons. The first kappa shape index (κ1) is 16.0. The van der Waals surface area contributed by atoms with E-state index in [1.807, 2.05) is 23.1 Å². The smallest absolute Gasteiger partial charge is 0.223 e. The monoisotopic (exact) mass is 368 g/mol. The number of amides is 1. The summed E-state index contributed by atoms with van der Waals surface area (Å²) in [4.78, 5) is 18.3. The van der Waals surface area contributed by atoms with Gasteiger partial charge in [-0.05, 0) is 62.3 Å². The van der Waals surface area contributed by atoms with E-state index in [0.29, 0.717) is 6.04 Å². The van der Waals surface area contributed by atoms with E-state index < -0.39 is 0 Å². The van der Waals surface area contributed by atoms with Crippen LogP contribution in [0, 0.1) is 17.4 Å². The highest BCUT2D eigenvalue weighted by Crippen LogP contribution is 2.38. The maximum Gasteiger partial charge on any atom is 0.223 e. The summed E-state index contributed by atoms with van der Waals surface area (Å²) >= 11 is 6.17. The highest BCUT2D eigenvalue weighted by molar-refractivity contribution is 6.31. The van der Waals surface area contributed by atoms with Crippen LogP contribution in [0.25, 0.3) is 10.9 Å². The second kappa shape index (κ2) is 5.92. The number of H-pyrrole nitrogens is 1. The molecule has 5 nitrogen and oxygen atoms in total. The quantitative estimate of drug-likeness (QED) is 0.800. The standard InChI is InChI=1S/C20H21ClN4O/c21-12-2-5-17-15(8-12)14-7-11(1-4-16(14)23-17)20(26)24-18-9-13-3-6-19(18)25(13)10-22/h2,5,8,11,13,18-19,23H,1,3-4,6-7,9H2,(H,24,26)/t11-,13-,18+,19+/m0/s1. The molecule has 1 aromatic carbocycles. The lowest BCUT2D eigenvalue weighted by Gasteiger charge is -2.27. The van der Waals surface area contributed by atoms with Crippen LogP contribution in [-0.4, -0.2) is 33.9 Å². The Morgan fingerprint density at radius 3 is 3.04 bits per heavy atom. The fourth-order valence-electron chi connectivity index (χ4n) is 5.21. The molecule has 3 aliphatic rings. The van der Waals surface area contributed by atoms with Gasteiger partial charge in [-0.25, -0.2) is 0 Å². The minimum Gasteiger partial charge on any atom is -0.358 e. The van der Waals surface area contributed by atoms with Gasteiger partial charge in [-0.15, -0.1) is 0 Å². The van der Waals surface area contributed by atoms with E-state index in [1.165, 1.54) is 11.3 Å². The molecule has 2 aliphatic heterocycles. The number of hydrogen-bond donors (Lipinski definition) is 2. The highest BCUT2D eigenvalue weighted by atomic mass is 35.5. The number of aromatic amines is 1. The van der Waals surface area contributed by atoms with E-state index in [4.69, 9.17) is 11.6 Å². The zero-order valence-corrected chi connectivity index (χ0v) is 15.2. The Kier molecular flexibility index (Phi) is 3.65. The lowest BCUT2D eigenvalue weighted by molar-refractivity contribution is -0.126.